The lowest BCUT2D eigenvalue weighted by Crippen LogP contribution is -2.13. The molecule has 1 aromatic heterocycles. The van der Waals surface area contributed by atoms with Gasteiger partial charge in [0, 0.05) is 18.0 Å². The number of benzene rings is 1. The maximum atomic E-state index is 6.03. The fourth-order valence-electron chi connectivity index (χ4n) is 2.81. The predicted molar refractivity (Wildman–Crippen MR) is 75.1 cm³/mol. The molecule has 0 bridgehead atoms. The molecule has 0 saturated carbocycles. The van der Waals surface area contributed by atoms with E-state index in [1.165, 1.54) is 17.8 Å². The molecule has 0 spiro atoms. The fourth-order valence-corrected chi connectivity index (χ4v) is 2.97. The van der Waals surface area contributed by atoms with Crippen LogP contribution in [0.5, 0.6) is 0 Å². The maximum absolute atomic E-state index is 6.03. The van der Waals surface area contributed by atoms with Crippen molar-refractivity contribution in [2.45, 2.75) is 26.3 Å². The average molecular weight is 264 g/mol. The number of imidazole rings is 1. The summed E-state index contributed by atoms with van der Waals surface area (Å²) in [6.45, 7) is 5.40. The van der Waals surface area contributed by atoms with E-state index in [4.69, 9.17) is 16.6 Å². The van der Waals surface area contributed by atoms with Crippen molar-refractivity contribution in [1.29, 1.82) is 0 Å². The SMILES string of the molecule is CCn1c(CC2CCNC2)nc2cc(Cl)ccc21. The topological polar surface area (TPSA) is 29.9 Å². The first-order chi connectivity index (χ1) is 8.78. The van der Waals surface area contributed by atoms with E-state index in [1.807, 2.05) is 12.1 Å². The van der Waals surface area contributed by atoms with E-state index in [0.717, 1.165) is 42.5 Å². The minimum absolute atomic E-state index is 0.725. The van der Waals surface area contributed by atoms with Gasteiger partial charge in [-0.2, -0.15) is 0 Å². The normalized spacial score (nSPS) is 19.8. The molecule has 0 radical (unpaired) electrons. The molecule has 1 aromatic carbocycles. The molecule has 1 aliphatic rings. The maximum Gasteiger partial charge on any atom is 0.110 e. The van der Waals surface area contributed by atoms with Crippen LogP contribution < -0.4 is 5.32 Å². The van der Waals surface area contributed by atoms with Crippen molar-refractivity contribution in [2.24, 2.45) is 5.92 Å². The van der Waals surface area contributed by atoms with Crippen molar-refractivity contribution >= 4 is 22.6 Å². The number of rotatable bonds is 3. The Bertz CT molecular complexity index is 555. The van der Waals surface area contributed by atoms with Crippen molar-refractivity contribution < 1.29 is 0 Å². The number of halogens is 1. The van der Waals surface area contributed by atoms with Crippen LogP contribution in [0.3, 0.4) is 0 Å². The summed E-state index contributed by atoms with van der Waals surface area (Å²) in [7, 11) is 0. The molecule has 1 saturated heterocycles. The third kappa shape index (κ3) is 2.13. The number of aromatic nitrogens is 2. The second kappa shape index (κ2) is 4.90. The van der Waals surface area contributed by atoms with E-state index in [-0.39, 0.29) is 0 Å². The molecule has 2 heterocycles. The van der Waals surface area contributed by atoms with Gasteiger partial charge in [0.15, 0.2) is 0 Å². The van der Waals surface area contributed by atoms with Gasteiger partial charge in [0.1, 0.15) is 5.82 Å². The van der Waals surface area contributed by atoms with E-state index in [9.17, 15) is 0 Å². The summed E-state index contributed by atoms with van der Waals surface area (Å²) >= 11 is 6.03. The van der Waals surface area contributed by atoms with Gasteiger partial charge < -0.3 is 9.88 Å². The number of fused-ring (bicyclic) bond motifs is 1. The van der Waals surface area contributed by atoms with Crippen LogP contribution in [-0.4, -0.2) is 22.6 Å². The molecule has 1 aliphatic heterocycles. The van der Waals surface area contributed by atoms with Crippen molar-refractivity contribution in [3.05, 3.63) is 29.0 Å². The molecule has 2 aromatic rings. The van der Waals surface area contributed by atoms with Gasteiger partial charge in [0.05, 0.1) is 11.0 Å². The number of nitrogens with one attached hydrogen (secondary N) is 1. The van der Waals surface area contributed by atoms with Gasteiger partial charge in [-0.1, -0.05) is 11.6 Å². The first kappa shape index (κ1) is 12.0. The first-order valence-electron chi connectivity index (χ1n) is 6.63. The number of aryl methyl sites for hydroxylation is 1. The summed E-state index contributed by atoms with van der Waals surface area (Å²) in [4.78, 5) is 4.76. The second-order valence-electron chi connectivity index (χ2n) is 4.97. The van der Waals surface area contributed by atoms with E-state index in [1.54, 1.807) is 0 Å². The highest BCUT2D eigenvalue weighted by Crippen LogP contribution is 2.23. The minimum atomic E-state index is 0.725. The largest absolute Gasteiger partial charge is 0.328 e. The number of hydrogen-bond donors (Lipinski definition) is 1. The third-order valence-corrected chi connectivity index (χ3v) is 3.97. The van der Waals surface area contributed by atoms with Gasteiger partial charge in [0.2, 0.25) is 0 Å². The fraction of sp³-hybridized carbons (Fsp3) is 0.500. The van der Waals surface area contributed by atoms with Crippen molar-refractivity contribution in [3.8, 4) is 0 Å². The van der Waals surface area contributed by atoms with Gasteiger partial charge in [-0.3, -0.25) is 0 Å². The minimum Gasteiger partial charge on any atom is -0.328 e. The Kier molecular flexibility index (Phi) is 3.27. The van der Waals surface area contributed by atoms with Crippen LogP contribution in [0.25, 0.3) is 11.0 Å². The van der Waals surface area contributed by atoms with Crippen LogP contribution in [0, 0.1) is 5.92 Å². The standard InChI is InChI=1S/C14H18ClN3/c1-2-18-13-4-3-11(15)8-12(13)17-14(18)7-10-5-6-16-9-10/h3-4,8,10,16H,2,5-7,9H2,1H3. The Hall–Kier alpha value is -1.06. The monoisotopic (exact) mass is 263 g/mol. The van der Waals surface area contributed by atoms with E-state index >= 15 is 0 Å². The molecule has 0 aliphatic carbocycles. The van der Waals surface area contributed by atoms with E-state index in [0.29, 0.717) is 0 Å². The highest BCUT2D eigenvalue weighted by atomic mass is 35.5. The van der Waals surface area contributed by atoms with Gasteiger partial charge in [0.25, 0.3) is 0 Å². The molecule has 0 amide bonds. The molecular formula is C14H18ClN3. The summed E-state index contributed by atoms with van der Waals surface area (Å²) in [5, 5.41) is 4.18. The Morgan fingerprint density at radius 1 is 1.50 bits per heavy atom. The third-order valence-electron chi connectivity index (χ3n) is 3.74. The zero-order chi connectivity index (χ0) is 12.5. The highest BCUT2D eigenvalue weighted by Gasteiger charge is 2.18. The van der Waals surface area contributed by atoms with E-state index in [2.05, 4.69) is 22.9 Å². The summed E-state index contributed by atoms with van der Waals surface area (Å²) in [6.07, 6.45) is 2.32. The summed E-state index contributed by atoms with van der Waals surface area (Å²) in [5.41, 5.74) is 2.22. The lowest BCUT2D eigenvalue weighted by atomic mass is 10.0. The van der Waals surface area contributed by atoms with Crippen molar-refractivity contribution in [1.82, 2.24) is 14.9 Å². The Balaban J connectivity index is 1.99. The van der Waals surface area contributed by atoms with Crippen LogP contribution in [0.4, 0.5) is 0 Å². The molecular weight excluding hydrogens is 246 g/mol. The molecule has 18 heavy (non-hydrogen) atoms. The van der Waals surface area contributed by atoms with Gasteiger partial charge in [-0.05, 0) is 50.6 Å². The zero-order valence-electron chi connectivity index (χ0n) is 10.6. The predicted octanol–water partition coefficient (Wildman–Crippen LogP) is 2.86. The molecule has 3 rings (SSSR count). The smallest absolute Gasteiger partial charge is 0.110 e. The molecule has 1 fully saturated rings. The summed E-state index contributed by atoms with van der Waals surface area (Å²) in [6, 6.07) is 5.97. The van der Waals surface area contributed by atoms with E-state index < -0.39 is 0 Å². The number of hydrogen-bond acceptors (Lipinski definition) is 2. The molecule has 1 unspecified atom stereocenters. The quantitative estimate of drug-likeness (QED) is 0.923. The molecule has 1 N–H and O–H groups in total. The Morgan fingerprint density at radius 3 is 3.11 bits per heavy atom. The lowest BCUT2D eigenvalue weighted by molar-refractivity contribution is 0.543. The van der Waals surface area contributed by atoms with Crippen molar-refractivity contribution in [2.75, 3.05) is 13.1 Å². The molecule has 3 nitrogen and oxygen atoms in total. The zero-order valence-corrected chi connectivity index (χ0v) is 11.4. The molecule has 1 atom stereocenters. The molecule has 96 valence electrons. The number of nitrogens with zero attached hydrogens (tertiary/aromatic N) is 2. The Labute approximate surface area is 112 Å². The van der Waals surface area contributed by atoms with Gasteiger partial charge in [-0.25, -0.2) is 4.98 Å². The highest BCUT2D eigenvalue weighted by molar-refractivity contribution is 6.31. The van der Waals surface area contributed by atoms with Crippen LogP contribution in [0.1, 0.15) is 19.2 Å². The van der Waals surface area contributed by atoms with Crippen LogP contribution in [0.2, 0.25) is 5.02 Å². The van der Waals surface area contributed by atoms with Crippen LogP contribution in [-0.2, 0) is 13.0 Å². The second-order valence-corrected chi connectivity index (χ2v) is 5.40. The van der Waals surface area contributed by atoms with Crippen LogP contribution >= 0.6 is 11.6 Å². The van der Waals surface area contributed by atoms with Gasteiger partial charge >= 0.3 is 0 Å². The lowest BCUT2D eigenvalue weighted by Gasteiger charge is -2.09. The molecule has 4 heteroatoms. The van der Waals surface area contributed by atoms with Gasteiger partial charge in [-0.15, -0.1) is 0 Å². The van der Waals surface area contributed by atoms with Crippen LogP contribution in [0.15, 0.2) is 18.2 Å². The summed E-state index contributed by atoms with van der Waals surface area (Å²) in [5.74, 6) is 1.92. The first-order valence-corrected chi connectivity index (χ1v) is 7.01. The average Bonchev–Trinajstić information content (AvgIpc) is 2.96. The summed E-state index contributed by atoms with van der Waals surface area (Å²) < 4.78 is 2.31. The Morgan fingerprint density at radius 2 is 2.39 bits per heavy atom. The van der Waals surface area contributed by atoms with Crippen molar-refractivity contribution in [3.63, 3.8) is 0 Å².